The monoisotopic (exact) mass is 302 g/mol. The number of thiazole rings is 1. The number of hydrogen-bond donors (Lipinski definition) is 1. The number of fused-ring (bicyclic) bond motifs is 1. The molecule has 1 amide bonds. The molecule has 1 aromatic carbocycles. The number of rotatable bonds is 4. The lowest BCUT2D eigenvalue weighted by Gasteiger charge is -2.24. The topological polar surface area (TPSA) is 51.2 Å². The molecule has 1 aliphatic heterocycles. The minimum atomic E-state index is -0.120. The molecule has 3 rings (SSSR count). The summed E-state index contributed by atoms with van der Waals surface area (Å²) in [4.78, 5) is 16.7. The number of nitrogens with zero attached hydrogens (tertiary/aromatic N) is 1. The van der Waals surface area contributed by atoms with Crippen molar-refractivity contribution in [3.8, 4) is 5.75 Å². The molecule has 0 fully saturated rings. The minimum Gasteiger partial charge on any atom is -0.492 e. The van der Waals surface area contributed by atoms with Crippen molar-refractivity contribution in [1.82, 2.24) is 10.3 Å². The van der Waals surface area contributed by atoms with Gasteiger partial charge >= 0.3 is 0 Å². The Morgan fingerprint density at radius 2 is 2.33 bits per heavy atom. The molecule has 1 atom stereocenters. The standard InChI is InChI=1S/C16H18N2O2S/c1-2-13-10-21-15(18-13)8-17-16(19)12-7-11-5-3-4-6-14(11)20-9-12/h3-6,10,12H,2,7-9H2,1H3,(H,17,19)/t12-/m0/s1. The van der Waals surface area contributed by atoms with Crippen LogP contribution in [0.4, 0.5) is 0 Å². The molecule has 0 unspecified atom stereocenters. The summed E-state index contributed by atoms with van der Waals surface area (Å²) in [5.74, 6) is 0.817. The molecule has 2 heterocycles. The number of hydrogen-bond acceptors (Lipinski definition) is 4. The molecule has 0 saturated heterocycles. The maximum absolute atomic E-state index is 12.2. The van der Waals surface area contributed by atoms with Crippen molar-refractivity contribution in [2.45, 2.75) is 26.3 Å². The zero-order valence-electron chi connectivity index (χ0n) is 12.0. The second-order valence-electron chi connectivity index (χ2n) is 5.12. The SMILES string of the molecule is CCc1csc(CNC(=O)[C@@H]2COc3ccccc3C2)n1. The number of aryl methyl sites for hydroxylation is 1. The first-order valence-electron chi connectivity index (χ1n) is 7.18. The minimum absolute atomic E-state index is 0.0396. The third-order valence-electron chi connectivity index (χ3n) is 3.63. The molecule has 1 aromatic heterocycles. The van der Waals surface area contributed by atoms with Crippen LogP contribution in [0.5, 0.6) is 5.75 Å². The van der Waals surface area contributed by atoms with E-state index in [9.17, 15) is 4.79 Å². The zero-order chi connectivity index (χ0) is 14.7. The fraction of sp³-hybridized carbons (Fsp3) is 0.375. The van der Waals surface area contributed by atoms with E-state index in [0.717, 1.165) is 34.9 Å². The quantitative estimate of drug-likeness (QED) is 0.944. The number of carbonyl (C=O) groups is 1. The Balaban J connectivity index is 1.57. The predicted molar refractivity (Wildman–Crippen MR) is 82.5 cm³/mol. The number of ether oxygens (including phenoxy) is 1. The van der Waals surface area contributed by atoms with Gasteiger partial charge in [0.2, 0.25) is 5.91 Å². The van der Waals surface area contributed by atoms with E-state index < -0.39 is 0 Å². The van der Waals surface area contributed by atoms with Crippen molar-refractivity contribution in [2.75, 3.05) is 6.61 Å². The lowest BCUT2D eigenvalue weighted by molar-refractivity contribution is -0.126. The van der Waals surface area contributed by atoms with E-state index in [4.69, 9.17) is 4.74 Å². The van der Waals surface area contributed by atoms with Gasteiger partial charge < -0.3 is 10.1 Å². The number of carbonyl (C=O) groups excluding carboxylic acids is 1. The number of aromatic nitrogens is 1. The van der Waals surface area contributed by atoms with Crippen molar-refractivity contribution in [1.29, 1.82) is 0 Å². The first-order valence-corrected chi connectivity index (χ1v) is 8.06. The van der Waals surface area contributed by atoms with Gasteiger partial charge in [-0.05, 0) is 24.5 Å². The molecule has 2 aromatic rings. The van der Waals surface area contributed by atoms with Gasteiger partial charge in [0.25, 0.3) is 0 Å². The van der Waals surface area contributed by atoms with E-state index in [1.807, 2.05) is 29.6 Å². The zero-order valence-corrected chi connectivity index (χ0v) is 12.8. The lowest BCUT2D eigenvalue weighted by Crippen LogP contribution is -2.37. The third kappa shape index (κ3) is 3.24. The second kappa shape index (κ2) is 6.26. The Bertz CT molecular complexity index is 639. The molecule has 5 heteroatoms. The van der Waals surface area contributed by atoms with Gasteiger partial charge in [-0.15, -0.1) is 11.3 Å². The van der Waals surface area contributed by atoms with Gasteiger partial charge in [0, 0.05) is 5.38 Å². The van der Waals surface area contributed by atoms with E-state index in [-0.39, 0.29) is 11.8 Å². The molecule has 0 spiro atoms. The Kier molecular flexibility index (Phi) is 4.20. The van der Waals surface area contributed by atoms with Gasteiger partial charge in [-0.3, -0.25) is 4.79 Å². The fourth-order valence-electron chi connectivity index (χ4n) is 2.40. The molecule has 4 nitrogen and oxygen atoms in total. The van der Waals surface area contributed by atoms with Crippen LogP contribution in [0.15, 0.2) is 29.6 Å². The normalized spacial score (nSPS) is 16.9. The molecule has 110 valence electrons. The highest BCUT2D eigenvalue weighted by Crippen LogP contribution is 2.26. The highest BCUT2D eigenvalue weighted by Gasteiger charge is 2.25. The van der Waals surface area contributed by atoms with Gasteiger partial charge in [0.05, 0.1) is 18.2 Å². The van der Waals surface area contributed by atoms with Crippen molar-refractivity contribution in [2.24, 2.45) is 5.92 Å². The van der Waals surface area contributed by atoms with Crippen molar-refractivity contribution < 1.29 is 9.53 Å². The van der Waals surface area contributed by atoms with E-state index in [0.29, 0.717) is 13.2 Å². The van der Waals surface area contributed by atoms with Crippen LogP contribution in [0.3, 0.4) is 0 Å². The Morgan fingerprint density at radius 3 is 3.14 bits per heavy atom. The number of nitrogens with one attached hydrogen (secondary N) is 1. The molecule has 0 aliphatic carbocycles. The third-order valence-corrected chi connectivity index (χ3v) is 4.52. The van der Waals surface area contributed by atoms with Crippen LogP contribution in [0.1, 0.15) is 23.2 Å². The second-order valence-corrected chi connectivity index (χ2v) is 6.07. The summed E-state index contributed by atoms with van der Waals surface area (Å²) in [6, 6.07) is 7.89. The van der Waals surface area contributed by atoms with Crippen molar-refractivity contribution in [3.63, 3.8) is 0 Å². The van der Waals surface area contributed by atoms with Gasteiger partial charge in [0.1, 0.15) is 17.4 Å². The predicted octanol–water partition coefficient (Wildman–Crippen LogP) is 2.57. The molecule has 1 aliphatic rings. The first-order chi connectivity index (χ1) is 10.3. The summed E-state index contributed by atoms with van der Waals surface area (Å²) in [7, 11) is 0. The molecular formula is C16H18N2O2S. The van der Waals surface area contributed by atoms with Gasteiger partial charge in [0.15, 0.2) is 0 Å². The maximum Gasteiger partial charge on any atom is 0.227 e. The highest BCUT2D eigenvalue weighted by molar-refractivity contribution is 7.09. The largest absolute Gasteiger partial charge is 0.492 e. The smallest absolute Gasteiger partial charge is 0.227 e. The van der Waals surface area contributed by atoms with E-state index in [2.05, 4.69) is 17.2 Å². The van der Waals surface area contributed by atoms with Crippen LogP contribution >= 0.6 is 11.3 Å². The average molecular weight is 302 g/mol. The molecule has 0 bridgehead atoms. The van der Waals surface area contributed by atoms with Crippen molar-refractivity contribution >= 4 is 17.2 Å². The Morgan fingerprint density at radius 1 is 1.48 bits per heavy atom. The van der Waals surface area contributed by atoms with Crippen LogP contribution in [0.2, 0.25) is 0 Å². The number of amides is 1. The number of para-hydroxylation sites is 1. The van der Waals surface area contributed by atoms with E-state index in [1.165, 1.54) is 0 Å². The average Bonchev–Trinajstić information content (AvgIpc) is 3.00. The van der Waals surface area contributed by atoms with E-state index in [1.54, 1.807) is 11.3 Å². The Labute approximate surface area is 128 Å². The summed E-state index contributed by atoms with van der Waals surface area (Å²) in [5.41, 5.74) is 2.19. The Hall–Kier alpha value is -1.88. The maximum atomic E-state index is 12.2. The van der Waals surface area contributed by atoms with Crippen LogP contribution < -0.4 is 10.1 Å². The van der Waals surface area contributed by atoms with Crippen molar-refractivity contribution in [3.05, 3.63) is 45.9 Å². The first kappa shape index (κ1) is 14.1. The summed E-state index contributed by atoms with van der Waals surface area (Å²) in [6.07, 6.45) is 1.66. The van der Waals surface area contributed by atoms with Gasteiger partial charge in [-0.25, -0.2) is 4.98 Å². The number of benzene rings is 1. The highest BCUT2D eigenvalue weighted by atomic mass is 32.1. The molecule has 0 radical (unpaired) electrons. The van der Waals surface area contributed by atoms with Crippen LogP contribution in [0, 0.1) is 5.92 Å². The summed E-state index contributed by atoms with van der Waals surface area (Å²) in [6.45, 7) is 3.02. The van der Waals surface area contributed by atoms with Crippen LogP contribution in [-0.2, 0) is 24.2 Å². The van der Waals surface area contributed by atoms with Crippen LogP contribution in [-0.4, -0.2) is 17.5 Å². The molecule has 21 heavy (non-hydrogen) atoms. The molecular weight excluding hydrogens is 284 g/mol. The van der Waals surface area contributed by atoms with Gasteiger partial charge in [-0.2, -0.15) is 0 Å². The summed E-state index contributed by atoms with van der Waals surface area (Å²) >= 11 is 1.59. The van der Waals surface area contributed by atoms with E-state index >= 15 is 0 Å². The lowest BCUT2D eigenvalue weighted by atomic mass is 9.96. The summed E-state index contributed by atoms with van der Waals surface area (Å²) in [5, 5.41) is 5.96. The van der Waals surface area contributed by atoms with Gasteiger partial charge in [-0.1, -0.05) is 25.1 Å². The molecule has 1 N–H and O–H groups in total. The molecule has 0 saturated carbocycles. The van der Waals surface area contributed by atoms with Crippen LogP contribution in [0.25, 0.3) is 0 Å². The summed E-state index contributed by atoms with van der Waals surface area (Å²) < 4.78 is 5.66. The fourth-order valence-corrected chi connectivity index (χ4v) is 3.21.